The minimum Gasteiger partial charge on any atom is -0.267 e. The number of carbonyl (C=O) groups excluding carboxylic acids is 1. The van der Waals surface area contributed by atoms with Gasteiger partial charge in [0.15, 0.2) is 0 Å². The second-order valence-electron chi connectivity index (χ2n) is 7.30. The van der Waals surface area contributed by atoms with Gasteiger partial charge >= 0.3 is 0 Å². The zero-order chi connectivity index (χ0) is 16.8. The highest BCUT2D eigenvalue weighted by molar-refractivity contribution is 5.98. The summed E-state index contributed by atoms with van der Waals surface area (Å²) in [5, 5.41) is 15.2. The minimum absolute atomic E-state index is 0.0215. The molecule has 2 unspecified atom stereocenters. The van der Waals surface area contributed by atoms with E-state index in [2.05, 4.69) is 31.3 Å². The van der Waals surface area contributed by atoms with Crippen LogP contribution < -0.4 is 5.43 Å². The van der Waals surface area contributed by atoms with E-state index >= 15 is 0 Å². The molecule has 2 fully saturated rings. The summed E-state index contributed by atoms with van der Waals surface area (Å²) in [6, 6.07) is 5.68. The molecule has 6 heteroatoms. The fraction of sp³-hybridized carbons (Fsp3) is 0.529. The smallest absolute Gasteiger partial charge is 0.267 e. The van der Waals surface area contributed by atoms with Crippen molar-refractivity contribution in [2.75, 3.05) is 0 Å². The average Bonchev–Trinajstić information content (AvgIpc) is 2.85. The predicted molar refractivity (Wildman–Crippen MR) is 87.2 cm³/mol. The summed E-state index contributed by atoms with van der Waals surface area (Å²) < 4.78 is 0. The summed E-state index contributed by atoms with van der Waals surface area (Å²) in [4.78, 5) is 22.5. The quantitative estimate of drug-likeness (QED) is 0.684. The van der Waals surface area contributed by atoms with Gasteiger partial charge in [0.2, 0.25) is 0 Å². The molecule has 122 valence electrons. The van der Waals surface area contributed by atoms with Gasteiger partial charge in [0.05, 0.1) is 4.92 Å². The van der Waals surface area contributed by atoms with E-state index in [1.54, 1.807) is 6.07 Å². The van der Waals surface area contributed by atoms with Gasteiger partial charge in [-0.25, -0.2) is 5.43 Å². The van der Waals surface area contributed by atoms with Gasteiger partial charge in [-0.3, -0.25) is 14.9 Å². The SMILES string of the molecule is CC12CCC(CC1=NNC(=O)c1cccc([N+](=O)[O-])c1)C2(C)C. The van der Waals surface area contributed by atoms with Crippen molar-refractivity contribution in [2.24, 2.45) is 21.8 Å². The Kier molecular flexibility index (Phi) is 3.50. The Morgan fingerprint density at radius 3 is 2.70 bits per heavy atom. The topological polar surface area (TPSA) is 84.6 Å². The molecule has 1 aromatic rings. The lowest BCUT2D eigenvalue weighted by Crippen LogP contribution is -2.34. The normalized spacial score (nSPS) is 29.7. The average molecular weight is 315 g/mol. The molecule has 0 saturated heterocycles. The number of hydrogen-bond donors (Lipinski definition) is 1. The summed E-state index contributed by atoms with van der Waals surface area (Å²) in [5.74, 6) is 0.200. The first-order chi connectivity index (χ1) is 10.8. The number of benzene rings is 1. The third-order valence-electron chi connectivity index (χ3n) is 6.12. The number of fused-ring (bicyclic) bond motifs is 2. The summed E-state index contributed by atoms with van der Waals surface area (Å²) in [6.07, 6.45) is 3.22. The number of non-ortho nitro benzene ring substituents is 1. The van der Waals surface area contributed by atoms with E-state index in [4.69, 9.17) is 0 Å². The van der Waals surface area contributed by atoms with Crippen molar-refractivity contribution >= 4 is 17.3 Å². The molecule has 23 heavy (non-hydrogen) atoms. The van der Waals surface area contributed by atoms with Crippen molar-refractivity contribution in [3.63, 3.8) is 0 Å². The molecule has 0 spiro atoms. The van der Waals surface area contributed by atoms with Gasteiger partial charge in [0.1, 0.15) is 0 Å². The lowest BCUT2D eigenvalue weighted by Gasteiger charge is -2.34. The van der Waals surface area contributed by atoms with E-state index in [1.807, 2.05) is 0 Å². The number of nitro groups is 1. The van der Waals surface area contributed by atoms with E-state index in [0.29, 0.717) is 5.92 Å². The Bertz CT molecular complexity index is 711. The van der Waals surface area contributed by atoms with Gasteiger partial charge < -0.3 is 0 Å². The molecule has 0 aliphatic heterocycles. The van der Waals surface area contributed by atoms with Crippen LogP contribution >= 0.6 is 0 Å². The molecule has 2 saturated carbocycles. The largest absolute Gasteiger partial charge is 0.271 e. The van der Waals surface area contributed by atoms with Crippen LogP contribution in [0.2, 0.25) is 0 Å². The molecule has 1 aromatic carbocycles. The van der Waals surface area contributed by atoms with Crippen molar-refractivity contribution in [3.05, 3.63) is 39.9 Å². The van der Waals surface area contributed by atoms with Crippen LogP contribution in [0.4, 0.5) is 5.69 Å². The summed E-state index contributed by atoms with van der Waals surface area (Å²) in [6.45, 7) is 6.77. The van der Waals surface area contributed by atoms with Gasteiger partial charge in [-0.2, -0.15) is 5.10 Å². The highest BCUT2D eigenvalue weighted by atomic mass is 16.6. The lowest BCUT2D eigenvalue weighted by atomic mass is 9.70. The molecule has 0 heterocycles. The Hall–Kier alpha value is -2.24. The van der Waals surface area contributed by atoms with Crippen molar-refractivity contribution in [1.29, 1.82) is 0 Å². The third kappa shape index (κ3) is 2.33. The summed E-state index contributed by atoms with van der Waals surface area (Å²) in [7, 11) is 0. The number of hydrogen-bond acceptors (Lipinski definition) is 4. The number of amides is 1. The van der Waals surface area contributed by atoms with Crippen molar-refractivity contribution in [1.82, 2.24) is 5.43 Å². The molecular formula is C17H21N3O3. The van der Waals surface area contributed by atoms with Crippen LogP contribution in [0.25, 0.3) is 0 Å². The maximum Gasteiger partial charge on any atom is 0.271 e. The van der Waals surface area contributed by atoms with Crippen molar-refractivity contribution in [2.45, 2.75) is 40.0 Å². The molecule has 2 aliphatic rings. The van der Waals surface area contributed by atoms with Crippen LogP contribution in [0, 0.1) is 26.9 Å². The van der Waals surface area contributed by atoms with Crippen molar-refractivity contribution < 1.29 is 9.72 Å². The number of hydrazone groups is 1. The van der Waals surface area contributed by atoms with Crippen LogP contribution in [-0.2, 0) is 0 Å². The van der Waals surface area contributed by atoms with Gasteiger partial charge in [0.25, 0.3) is 11.6 Å². The molecule has 2 atom stereocenters. The van der Waals surface area contributed by atoms with Crippen molar-refractivity contribution in [3.8, 4) is 0 Å². The standard InChI is InChI=1S/C17H21N3O3/c1-16(2)12-7-8-17(16,3)14(10-12)18-19-15(21)11-5-4-6-13(9-11)20(22)23/h4-6,9,12H,7-8,10H2,1-3H3,(H,19,21). The monoisotopic (exact) mass is 315 g/mol. The number of rotatable bonds is 3. The molecule has 2 aliphatic carbocycles. The summed E-state index contributed by atoms with van der Waals surface area (Å²) >= 11 is 0. The first-order valence-corrected chi connectivity index (χ1v) is 7.87. The Morgan fingerprint density at radius 1 is 1.39 bits per heavy atom. The van der Waals surface area contributed by atoms with E-state index < -0.39 is 10.8 Å². The van der Waals surface area contributed by atoms with Gasteiger partial charge in [-0.05, 0) is 36.7 Å². The van der Waals surface area contributed by atoms with Gasteiger partial charge in [-0.1, -0.05) is 26.8 Å². The molecular weight excluding hydrogens is 294 g/mol. The maximum absolute atomic E-state index is 12.2. The minimum atomic E-state index is -0.512. The van der Waals surface area contributed by atoms with E-state index in [-0.39, 0.29) is 22.1 Å². The van der Waals surface area contributed by atoms with Crippen LogP contribution in [0.5, 0.6) is 0 Å². The molecule has 6 nitrogen and oxygen atoms in total. The van der Waals surface area contributed by atoms with Gasteiger partial charge in [-0.15, -0.1) is 0 Å². The zero-order valence-electron chi connectivity index (χ0n) is 13.6. The predicted octanol–water partition coefficient (Wildman–Crippen LogP) is 3.53. The second kappa shape index (κ2) is 5.15. The molecule has 3 rings (SSSR count). The maximum atomic E-state index is 12.2. The Labute approximate surface area is 135 Å². The first kappa shape index (κ1) is 15.6. The van der Waals surface area contributed by atoms with Crippen LogP contribution in [0.15, 0.2) is 29.4 Å². The Balaban J connectivity index is 1.78. The highest BCUT2D eigenvalue weighted by Gasteiger charge is 2.60. The lowest BCUT2D eigenvalue weighted by molar-refractivity contribution is -0.384. The number of nitro benzene ring substituents is 1. The molecule has 0 radical (unpaired) electrons. The van der Waals surface area contributed by atoms with Crippen LogP contribution in [0.1, 0.15) is 50.4 Å². The van der Waals surface area contributed by atoms with Gasteiger partial charge in [0, 0.05) is 28.8 Å². The van der Waals surface area contributed by atoms with Crippen LogP contribution in [0.3, 0.4) is 0 Å². The Morgan fingerprint density at radius 2 is 2.13 bits per heavy atom. The zero-order valence-corrected chi connectivity index (χ0v) is 13.6. The van der Waals surface area contributed by atoms with E-state index in [1.165, 1.54) is 24.6 Å². The fourth-order valence-corrected chi connectivity index (χ4v) is 4.04. The third-order valence-corrected chi connectivity index (χ3v) is 6.12. The van der Waals surface area contributed by atoms with Crippen LogP contribution in [-0.4, -0.2) is 16.5 Å². The van der Waals surface area contributed by atoms with E-state index in [0.717, 1.165) is 18.6 Å². The second-order valence-corrected chi connectivity index (χ2v) is 7.30. The summed E-state index contributed by atoms with van der Waals surface area (Å²) in [5.41, 5.74) is 3.99. The van der Waals surface area contributed by atoms with E-state index in [9.17, 15) is 14.9 Å². The number of nitrogens with one attached hydrogen (secondary N) is 1. The number of nitrogens with zero attached hydrogens (tertiary/aromatic N) is 2. The number of carbonyl (C=O) groups is 1. The molecule has 1 amide bonds. The fourth-order valence-electron chi connectivity index (χ4n) is 4.04. The first-order valence-electron chi connectivity index (χ1n) is 7.87. The molecule has 2 bridgehead atoms. The molecule has 1 N–H and O–H groups in total. The molecule has 0 aromatic heterocycles. The highest BCUT2D eigenvalue weighted by Crippen LogP contribution is 2.63.